The first-order valence-corrected chi connectivity index (χ1v) is 6.17. The normalized spacial score (nSPS) is 13.0. The minimum absolute atomic E-state index is 0.286. The van der Waals surface area contributed by atoms with Crippen LogP contribution in [0.3, 0.4) is 0 Å². The molecule has 1 N–H and O–H groups in total. The van der Waals surface area contributed by atoms with Gasteiger partial charge in [-0.1, -0.05) is 24.3 Å². The van der Waals surface area contributed by atoms with Gasteiger partial charge in [-0.2, -0.15) is 0 Å². The summed E-state index contributed by atoms with van der Waals surface area (Å²) in [7, 11) is 0. The van der Waals surface area contributed by atoms with E-state index in [9.17, 15) is 5.11 Å². The zero-order valence-corrected chi connectivity index (χ0v) is 10.8. The van der Waals surface area contributed by atoms with Gasteiger partial charge in [0, 0.05) is 18.8 Å². The highest BCUT2D eigenvalue weighted by atomic mass is 16.7. The van der Waals surface area contributed by atoms with Gasteiger partial charge < -0.3 is 14.6 Å². The molecular formula is C14H22O3. The van der Waals surface area contributed by atoms with Crippen LogP contribution in [0.25, 0.3) is 0 Å². The van der Waals surface area contributed by atoms with E-state index in [0.29, 0.717) is 19.6 Å². The van der Waals surface area contributed by atoms with Crippen molar-refractivity contribution in [1.82, 2.24) is 0 Å². The number of hydrogen-bond donors (Lipinski definition) is 1. The maximum absolute atomic E-state index is 9.30. The van der Waals surface area contributed by atoms with Crippen molar-refractivity contribution in [3.8, 4) is 0 Å². The van der Waals surface area contributed by atoms with E-state index in [1.807, 2.05) is 38.1 Å². The molecule has 1 aromatic rings. The molecule has 0 fully saturated rings. The molecule has 0 radical (unpaired) electrons. The Labute approximate surface area is 103 Å². The lowest BCUT2D eigenvalue weighted by atomic mass is 10.1. The van der Waals surface area contributed by atoms with Crippen molar-refractivity contribution in [3.05, 3.63) is 35.4 Å². The van der Waals surface area contributed by atoms with E-state index in [1.165, 1.54) is 0 Å². The van der Waals surface area contributed by atoms with Crippen LogP contribution in [0.2, 0.25) is 0 Å². The van der Waals surface area contributed by atoms with Gasteiger partial charge in [0.15, 0.2) is 6.29 Å². The minimum atomic E-state index is -0.310. The molecule has 0 unspecified atom stereocenters. The number of aliphatic hydroxyl groups is 1. The Kier molecular flexibility index (Phi) is 6.19. The first-order chi connectivity index (χ1) is 8.17. The molecule has 0 bridgehead atoms. The van der Waals surface area contributed by atoms with Crippen LogP contribution in [0.4, 0.5) is 0 Å². The number of rotatable bonds is 7. The molecule has 0 aromatic heterocycles. The van der Waals surface area contributed by atoms with Crippen LogP contribution in [0.1, 0.15) is 38.2 Å². The highest BCUT2D eigenvalue weighted by Crippen LogP contribution is 2.19. The highest BCUT2D eigenvalue weighted by Gasteiger charge is 2.10. The average molecular weight is 238 g/mol. The summed E-state index contributed by atoms with van der Waals surface area (Å²) >= 11 is 0. The minimum Gasteiger partial charge on any atom is -0.393 e. The molecule has 0 spiro atoms. The van der Waals surface area contributed by atoms with Gasteiger partial charge in [-0.25, -0.2) is 0 Å². The van der Waals surface area contributed by atoms with Gasteiger partial charge in [0.05, 0.1) is 6.10 Å². The molecule has 0 saturated carbocycles. The van der Waals surface area contributed by atoms with E-state index in [1.54, 1.807) is 6.92 Å². The molecule has 0 aliphatic rings. The van der Waals surface area contributed by atoms with Crippen LogP contribution in [0.5, 0.6) is 0 Å². The standard InChI is InChI=1S/C14H22O3/c1-4-16-14(17-5-2)13-8-6-12(7-9-13)10-11(3)15/h6-9,11,14-15H,4-5,10H2,1-3H3/t11-/m0/s1. The zero-order chi connectivity index (χ0) is 12.7. The quantitative estimate of drug-likeness (QED) is 0.742. The van der Waals surface area contributed by atoms with Gasteiger partial charge >= 0.3 is 0 Å². The maximum Gasteiger partial charge on any atom is 0.183 e. The Hall–Kier alpha value is -0.900. The summed E-state index contributed by atoms with van der Waals surface area (Å²) in [6, 6.07) is 8.00. The summed E-state index contributed by atoms with van der Waals surface area (Å²) in [5.74, 6) is 0. The van der Waals surface area contributed by atoms with Crippen molar-refractivity contribution in [1.29, 1.82) is 0 Å². The van der Waals surface area contributed by atoms with Crippen LogP contribution >= 0.6 is 0 Å². The number of hydrogen-bond acceptors (Lipinski definition) is 3. The van der Waals surface area contributed by atoms with E-state index >= 15 is 0 Å². The van der Waals surface area contributed by atoms with Crippen LogP contribution in [-0.4, -0.2) is 24.4 Å². The SMILES string of the molecule is CCOC(OCC)c1ccc(C[C@H](C)O)cc1. The highest BCUT2D eigenvalue weighted by molar-refractivity contribution is 5.23. The summed E-state index contributed by atoms with van der Waals surface area (Å²) in [6.07, 6.45) is 0.0785. The number of ether oxygens (including phenoxy) is 2. The van der Waals surface area contributed by atoms with Crippen molar-refractivity contribution in [2.75, 3.05) is 13.2 Å². The van der Waals surface area contributed by atoms with Gasteiger partial charge in [0.1, 0.15) is 0 Å². The Bertz CT molecular complexity index is 300. The van der Waals surface area contributed by atoms with E-state index < -0.39 is 0 Å². The fraction of sp³-hybridized carbons (Fsp3) is 0.571. The molecule has 3 heteroatoms. The van der Waals surface area contributed by atoms with Crippen molar-refractivity contribution >= 4 is 0 Å². The zero-order valence-electron chi connectivity index (χ0n) is 10.8. The van der Waals surface area contributed by atoms with Crippen LogP contribution < -0.4 is 0 Å². The molecule has 17 heavy (non-hydrogen) atoms. The van der Waals surface area contributed by atoms with E-state index in [-0.39, 0.29) is 12.4 Å². The summed E-state index contributed by atoms with van der Waals surface area (Å²) < 4.78 is 11.0. The van der Waals surface area contributed by atoms with Crippen molar-refractivity contribution in [3.63, 3.8) is 0 Å². The van der Waals surface area contributed by atoms with Gasteiger partial charge in [-0.3, -0.25) is 0 Å². The molecular weight excluding hydrogens is 216 g/mol. The lowest BCUT2D eigenvalue weighted by Gasteiger charge is -2.17. The second-order valence-electron chi connectivity index (χ2n) is 4.04. The molecule has 0 amide bonds. The number of benzene rings is 1. The molecule has 1 atom stereocenters. The third-order valence-electron chi connectivity index (χ3n) is 2.42. The summed E-state index contributed by atoms with van der Waals surface area (Å²) in [6.45, 7) is 6.94. The predicted molar refractivity (Wildman–Crippen MR) is 67.8 cm³/mol. The van der Waals surface area contributed by atoms with Crippen LogP contribution in [0, 0.1) is 0 Å². The Morgan fingerprint density at radius 1 is 1.06 bits per heavy atom. The summed E-state index contributed by atoms with van der Waals surface area (Å²) in [5, 5.41) is 9.30. The average Bonchev–Trinajstić information content (AvgIpc) is 2.29. The van der Waals surface area contributed by atoms with E-state index in [4.69, 9.17) is 9.47 Å². The smallest absolute Gasteiger partial charge is 0.183 e. The van der Waals surface area contributed by atoms with Gasteiger partial charge in [-0.05, 0) is 32.8 Å². The van der Waals surface area contributed by atoms with Gasteiger partial charge in [0.25, 0.3) is 0 Å². The Morgan fingerprint density at radius 2 is 1.59 bits per heavy atom. The topological polar surface area (TPSA) is 38.7 Å². The fourth-order valence-corrected chi connectivity index (χ4v) is 1.70. The Morgan fingerprint density at radius 3 is 2.00 bits per heavy atom. The summed E-state index contributed by atoms with van der Waals surface area (Å²) in [5.41, 5.74) is 2.14. The third kappa shape index (κ3) is 4.86. The number of aliphatic hydroxyl groups excluding tert-OH is 1. The van der Waals surface area contributed by atoms with Gasteiger partial charge in [-0.15, -0.1) is 0 Å². The largest absolute Gasteiger partial charge is 0.393 e. The molecule has 1 aromatic carbocycles. The van der Waals surface area contributed by atoms with E-state index in [0.717, 1.165) is 11.1 Å². The maximum atomic E-state index is 9.30. The third-order valence-corrected chi connectivity index (χ3v) is 2.42. The molecule has 96 valence electrons. The monoisotopic (exact) mass is 238 g/mol. The lowest BCUT2D eigenvalue weighted by molar-refractivity contribution is -0.140. The first kappa shape index (κ1) is 14.2. The fourth-order valence-electron chi connectivity index (χ4n) is 1.70. The molecule has 3 nitrogen and oxygen atoms in total. The van der Waals surface area contributed by atoms with Crippen molar-refractivity contribution in [2.24, 2.45) is 0 Å². The Balaban J connectivity index is 2.69. The molecule has 0 aliphatic carbocycles. The molecule has 1 rings (SSSR count). The first-order valence-electron chi connectivity index (χ1n) is 6.17. The van der Waals surface area contributed by atoms with Crippen LogP contribution in [-0.2, 0) is 15.9 Å². The van der Waals surface area contributed by atoms with E-state index in [2.05, 4.69) is 0 Å². The second-order valence-corrected chi connectivity index (χ2v) is 4.04. The van der Waals surface area contributed by atoms with Crippen LogP contribution in [0.15, 0.2) is 24.3 Å². The van der Waals surface area contributed by atoms with Crippen molar-refractivity contribution < 1.29 is 14.6 Å². The van der Waals surface area contributed by atoms with Crippen molar-refractivity contribution in [2.45, 2.75) is 39.6 Å². The lowest BCUT2D eigenvalue weighted by Crippen LogP contribution is -2.09. The molecule has 0 saturated heterocycles. The van der Waals surface area contributed by atoms with Gasteiger partial charge in [0.2, 0.25) is 0 Å². The predicted octanol–water partition coefficient (Wildman–Crippen LogP) is 2.68. The molecule has 0 aliphatic heterocycles. The summed E-state index contributed by atoms with van der Waals surface area (Å²) in [4.78, 5) is 0. The molecule has 0 heterocycles. The second kappa shape index (κ2) is 7.43.